The topological polar surface area (TPSA) is 113 Å². The minimum Gasteiger partial charge on any atom is -0.444 e. The number of piperazine rings is 1. The van der Waals surface area contributed by atoms with E-state index in [1.54, 1.807) is 43.2 Å². The van der Waals surface area contributed by atoms with Crippen LogP contribution in [0.2, 0.25) is 0 Å². The van der Waals surface area contributed by atoms with Crippen molar-refractivity contribution in [1.29, 1.82) is 5.26 Å². The molecule has 0 aliphatic carbocycles. The third-order valence-electron chi connectivity index (χ3n) is 4.55. The van der Waals surface area contributed by atoms with Crippen LogP contribution in [0.15, 0.2) is 6.20 Å². The largest absolute Gasteiger partial charge is 0.444 e. The minimum absolute atomic E-state index is 0.293. The molecule has 1 aliphatic heterocycles. The molecule has 2 rings (SSSR count). The number of hydrogen-bond acceptors (Lipinski definition) is 7. The second kappa shape index (κ2) is 11.0. The van der Waals surface area contributed by atoms with Crippen LogP contribution in [-0.2, 0) is 16.0 Å². The first-order chi connectivity index (χ1) is 15.8. The summed E-state index contributed by atoms with van der Waals surface area (Å²) in [6.07, 6.45) is 2.01. The van der Waals surface area contributed by atoms with Crippen LogP contribution in [0.4, 0.5) is 15.5 Å². The van der Waals surface area contributed by atoms with Gasteiger partial charge in [-0.1, -0.05) is 5.92 Å². The Morgan fingerprint density at radius 2 is 1.71 bits per heavy atom. The first kappa shape index (κ1) is 26.6. The van der Waals surface area contributed by atoms with Gasteiger partial charge >= 0.3 is 12.2 Å². The summed E-state index contributed by atoms with van der Waals surface area (Å²) in [7, 11) is 0. The smallest absolute Gasteiger partial charge is 0.411 e. The lowest BCUT2D eigenvalue weighted by atomic mass is 10.2. The van der Waals surface area contributed by atoms with E-state index in [0.717, 1.165) is 0 Å². The summed E-state index contributed by atoms with van der Waals surface area (Å²) < 4.78 is 12.4. The number of alkyl carbamates (subject to hydrolysis) is 1. The molecule has 0 saturated carbocycles. The number of anilines is 1. The van der Waals surface area contributed by atoms with E-state index >= 15 is 0 Å². The van der Waals surface area contributed by atoms with E-state index in [1.807, 2.05) is 25.7 Å². The molecule has 1 N–H and O–H groups in total. The Bertz CT molecular complexity index is 1020. The molecule has 2 amide bonds. The van der Waals surface area contributed by atoms with E-state index in [9.17, 15) is 14.9 Å². The van der Waals surface area contributed by atoms with Gasteiger partial charge in [-0.25, -0.2) is 14.6 Å². The molecular formula is C24H34N6O4. The van der Waals surface area contributed by atoms with Gasteiger partial charge in [-0.15, -0.1) is 5.92 Å². The quantitative estimate of drug-likeness (QED) is 0.672. The number of hydrogen-bond donors (Lipinski definition) is 1. The molecule has 1 aromatic heterocycles. The molecule has 1 saturated heterocycles. The summed E-state index contributed by atoms with van der Waals surface area (Å²) in [5.74, 6) is 6.41. The zero-order chi connectivity index (χ0) is 25.5. The maximum absolute atomic E-state index is 12.4. The summed E-state index contributed by atoms with van der Waals surface area (Å²) in [5.41, 5.74) is -0.444. The van der Waals surface area contributed by atoms with Crippen LogP contribution < -0.4 is 10.2 Å². The Hall–Kier alpha value is -3.66. The lowest BCUT2D eigenvalue weighted by Crippen LogP contribution is -2.50. The SMILES string of the molecule is CC#CCn1c(N2CCN(C(=O)OC(C)(C)C)CC2)nc(/C=C/NC(=O)OC(C)(C)C)c1C#N. The molecule has 0 unspecified atom stereocenters. The Morgan fingerprint density at radius 1 is 1.09 bits per heavy atom. The number of rotatable bonds is 4. The number of aromatic nitrogens is 2. The number of nitriles is 1. The van der Waals surface area contributed by atoms with Crippen molar-refractivity contribution in [3.63, 3.8) is 0 Å². The molecule has 0 aromatic carbocycles. The molecular weight excluding hydrogens is 436 g/mol. The Labute approximate surface area is 201 Å². The number of nitrogens with zero attached hydrogens (tertiary/aromatic N) is 5. The number of carbonyl (C=O) groups is 2. The summed E-state index contributed by atoms with van der Waals surface area (Å²) in [6, 6.07) is 2.19. The van der Waals surface area contributed by atoms with E-state index in [4.69, 9.17) is 9.47 Å². The fraction of sp³-hybridized carbons (Fsp3) is 0.583. The normalized spacial score (nSPS) is 14.3. The van der Waals surface area contributed by atoms with Crippen LogP contribution in [0.25, 0.3) is 6.08 Å². The molecule has 0 spiro atoms. The van der Waals surface area contributed by atoms with Crippen LogP contribution in [0.3, 0.4) is 0 Å². The van der Waals surface area contributed by atoms with Gasteiger partial charge < -0.3 is 19.3 Å². The maximum atomic E-state index is 12.4. The lowest BCUT2D eigenvalue weighted by molar-refractivity contribution is 0.0239. The van der Waals surface area contributed by atoms with E-state index in [1.165, 1.54) is 6.20 Å². The van der Waals surface area contributed by atoms with Crippen molar-refractivity contribution in [3.05, 3.63) is 17.6 Å². The summed E-state index contributed by atoms with van der Waals surface area (Å²) in [4.78, 5) is 32.6. The molecule has 0 radical (unpaired) electrons. The molecule has 0 bridgehead atoms. The molecule has 0 atom stereocenters. The van der Waals surface area contributed by atoms with Crippen molar-refractivity contribution in [3.8, 4) is 17.9 Å². The van der Waals surface area contributed by atoms with Crippen LogP contribution in [0.5, 0.6) is 0 Å². The molecule has 1 aliphatic rings. The van der Waals surface area contributed by atoms with Crippen molar-refractivity contribution in [2.24, 2.45) is 0 Å². The highest BCUT2D eigenvalue weighted by molar-refractivity contribution is 5.71. The fourth-order valence-corrected chi connectivity index (χ4v) is 3.15. The second-order valence-electron chi connectivity index (χ2n) is 9.70. The first-order valence-electron chi connectivity index (χ1n) is 11.1. The summed E-state index contributed by atoms with van der Waals surface area (Å²) in [6.45, 7) is 14.8. The summed E-state index contributed by atoms with van der Waals surface area (Å²) in [5, 5.41) is 12.3. The maximum Gasteiger partial charge on any atom is 0.411 e. The second-order valence-corrected chi connectivity index (χ2v) is 9.70. The zero-order valence-corrected chi connectivity index (χ0v) is 21.1. The number of ether oxygens (including phenoxy) is 2. The third-order valence-corrected chi connectivity index (χ3v) is 4.55. The van der Waals surface area contributed by atoms with Crippen molar-refractivity contribution in [2.45, 2.75) is 66.2 Å². The van der Waals surface area contributed by atoms with Gasteiger partial charge in [0.1, 0.15) is 28.7 Å². The van der Waals surface area contributed by atoms with Crippen LogP contribution in [-0.4, -0.2) is 64.0 Å². The first-order valence-corrected chi connectivity index (χ1v) is 11.1. The van der Waals surface area contributed by atoms with Gasteiger partial charge in [-0.3, -0.25) is 9.88 Å². The van der Waals surface area contributed by atoms with Gasteiger partial charge in [-0.2, -0.15) is 5.26 Å². The molecule has 10 heteroatoms. The predicted octanol–water partition coefficient (Wildman–Crippen LogP) is 3.33. The number of carbonyl (C=O) groups excluding carboxylic acids is 2. The van der Waals surface area contributed by atoms with Gasteiger partial charge in [0.05, 0.1) is 6.54 Å². The highest BCUT2D eigenvalue weighted by atomic mass is 16.6. The van der Waals surface area contributed by atoms with Crippen LogP contribution in [0.1, 0.15) is 59.9 Å². The number of nitrogens with one attached hydrogen (secondary N) is 1. The molecule has 10 nitrogen and oxygen atoms in total. The fourth-order valence-electron chi connectivity index (χ4n) is 3.15. The lowest BCUT2D eigenvalue weighted by Gasteiger charge is -2.36. The molecule has 1 aromatic rings. The molecule has 184 valence electrons. The van der Waals surface area contributed by atoms with E-state index in [0.29, 0.717) is 50.1 Å². The van der Waals surface area contributed by atoms with Crippen LogP contribution >= 0.6 is 0 Å². The highest BCUT2D eigenvalue weighted by Gasteiger charge is 2.28. The van der Waals surface area contributed by atoms with Crippen molar-refractivity contribution >= 4 is 24.2 Å². The van der Waals surface area contributed by atoms with E-state index in [2.05, 4.69) is 28.2 Å². The Balaban J connectivity index is 2.21. The van der Waals surface area contributed by atoms with Gasteiger partial charge in [0.15, 0.2) is 0 Å². The molecule has 34 heavy (non-hydrogen) atoms. The monoisotopic (exact) mass is 470 g/mol. The number of imidazole rings is 1. The van der Waals surface area contributed by atoms with E-state index < -0.39 is 17.3 Å². The van der Waals surface area contributed by atoms with Crippen molar-refractivity contribution < 1.29 is 19.1 Å². The van der Waals surface area contributed by atoms with E-state index in [-0.39, 0.29) is 6.09 Å². The predicted molar refractivity (Wildman–Crippen MR) is 129 cm³/mol. The summed E-state index contributed by atoms with van der Waals surface area (Å²) >= 11 is 0. The molecule has 1 fully saturated rings. The average molecular weight is 471 g/mol. The zero-order valence-electron chi connectivity index (χ0n) is 21.1. The Morgan fingerprint density at radius 3 is 2.24 bits per heavy atom. The highest BCUT2D eigenvalue weighted by Crippen LogP contribution is 2.22. The molecule has 2 heterocycles. The van der Waals surface area contributed by atoms with Crippen LogP contribution in [0, 0.1) is 23.2 Å². The van der Waals surface area contributed by atoms with Crippen molar-refractivity contribution in [2.75, 3.05) is 31.1 Å². The minimum atomic E-state index is -0.620. The standard InChI is InChI=1S/C24H34N6O4/c1-8-9-12-30-19(17-25)18(10-11-26-21(31)33-23(2,3)4)27-20(30)28-13-15-29(16-14-28)22(32)34-24(5,6)7/h10-11H,12-16H2,1-7H3,(H,26,31)/b11-10+. The van der Waals surface area contributed by atoms with Gasteiger partial charge in [0.25, 0.3) is 0 Å². The Kier molecular flexibility index (Phi) is 8.58. The number of amides is 2. The average Bonchev–Trinajstić information content (AvgIpc) is 3.07. The van der Waals surface area contributed by atoms with Gasteiger partial charge in [-0.05, 0) is 54.5 Å². The van der Waals surface area contributed by atoms with Crippen molar-refractivity contribution in [1.82, 2.24) is 19.8 Å². The van der Waals surface area contributed by atoms with Gasteiger partial charge in [0.2, 0.25) is 5.95 Å². The van der Waals surface area contributed by atoms with Gasteiger partial charge in [0, 0.05) is 32.4 Å². The third kappa shape index (κ3) is 7.73.